The lowest BCUT2D eigenvalue weighted by molar-refractivity contribution is -0.138. The third-order valence-electron chi connectivity index (χ3n) is 5.70. The van der Waals surface area contributed by atoms with Crippen LogP contribution in [0.1, 0.15) is 37.8 Å². The Morgan fingerprint density at radius 3 is 2.78 bits per heavy atom. The Morgan fingerprint density at radius 2 is 2.12 bits per heavy atom. The van der Waals surface area contributed by atoms with Gasteiger partial charge in [-0.15, -0.1) is 11.8 Å². The number of hydrogen-bond donors (Lipinski definition) is 0. The zero-order valence-electron chi connectivity index (χ0n) is 18.2. The lowest BCUT2D eigenvalue weighted by Gasteiger charge is -2.24. The van der Waals surface area contributed by atoms with Gasteiger partial charge in [-0.1, -0.05) is 54.4 Å². The average Bonchev–Trinajstić information content (AvgIpc) is 3.11. The molecule has 0 saturated heterocycles. The fourth-order valence-corrected chi connectivity index (χ4v) is 5.61. The van der Waals surface area contributed by atoms with Gasteiger partial charge in [0, 0.05) is 4.90 Å². The zero-order valence-corrected chi connectivity index (χ0v) is 19.9. The van der Waals surface area contributed by atoms with Crippen LogP contribution in [-0.2, 0) is 9.53 Å². The number of thioether (sulfide) groups is 1. The Morgan fingerprint density at radius 1 is 1.34 bits per heavy atom. The first-order chi connectivity index (χ1) is 15.5. The van der Waals surface area contributed by atoms with E-state index in [4.69, 9.17) is 4.74 Å². The van der Waals surface area contributed by atoms with Crippen molar-refractivity contribution in [2.24, 2.45) is 10.9 Å². The Bertz CT molecular complexity index is 1270. The van der Waals surface area contributed by atoms with Crippen LogP contribution in [0.4, 0.5) is 0 Å². The number of fused-ring (bicyclic) bond motifs is 1. The maximum Gasteiger partial charge on any atom is 0.338 e. The van der Waals surface area contributed by atoms with Gasteiger partial charge in [0.2, 0.25) is 0 Å². The van der Waals surface area contributed by atoms with Crippen molar-refractivity contribution in [3.63, 3.8) is 0 Å². The Hall–Kier alpha value is -2.64. The lowest BCUT2D eigenvalue weighted by atomic mass is 9.94. The topological polar surface area (TPSA) is 60.7 Å². The van der Waals surface area contributed by atoms with E-state index in [-0.39, 0.29) is 12.2 Å². The molecule has 1 aromatic heterocycles. The summed E-state index contributed by atoms with van der Waals surface area (Å²) in [4.78, 5) is 32.9. The minimum atomic E-state index is -0.576. The van der Waals surface area contributed by atoms with Gasteiger partial charge in [-0.3, -0.25) is 9.36 Å². The molecule has 7 heteroatoms. The normalized spacial score (nSPS) is 20.6. The van der Waals surface area contributed by atoms with Crippen LogP contribution in [0.15, 0.2) is 75.0 Å². The van der Waals surface area contributed by atoms with E-state index in [2.05, 4.69) is 29.8 Å². The minimum absolute atomic E-state index is 0.105. The predicted molar refractivity (Wildman–Crippen MR) is 131 cm³/mol. The van der Waals surface area contributed by atoms with Gasteiger partial charge in [-0.2, -0.15) is 0 Å². The summed E-state index contributed by atoms with van der Waals surface area (Å²) < 4.78 is 7.71. The van der Waals surface area contributed by atoms with Crippen molar-refractivity contribution in [1.82, 2.24) is 4.57 Å². The van der Waals surface area contributed by atoms with Crippen molar-refractivity contribution in [2.45, 2.75) is 37.1 Å². The monoisotopic (exact) mass is 466 g/mol. The molecule has 1 aromatic carbocycles. The highest BCUT2D eigenvalue weighted by molar-refractivity contribution is 7.98. The van der Waals surface area contributed by atoms with Crippen LogP contribution in [0.25, 0.3) is 6.08 Å². The second-order valence-electron chi connectivity index (χ2n) is 7.81. The van der Waals surface area contributed by atoms with E-state index in [1.54, 1.807) is 23.3 Å². The molecule has 5 nitrogen and oxygen atoms in total. The third-order valence-corrected chi connectivity index (χ3v) is 7.45. The number of nitrogens with zero attached hydrogens (tertiary/aromatic N) is 2. The van der Waals surface area contributed by atoms with E-state index in [1.165, 1.54) is 17.4 Å². The zero-order chi connectivity index (χ0) is 22.7. The predicted octanol–water partition coefficient (Wildman–Crippen LogP) is 3.99. The maximum atomic E-state index is 13.6. The molecule has 1 aliphatic carbocycles. The van der Waals surface area contributed by atoms with Crippen molar-refractivity contribution in [3.05, 3.63) is 85.6 Å². The van der Waals surface area contributed by atoms with Gasteiger partial charge in [0.05, 0.1) is 21.8 Å². The van der Waals surface area contributed by atoms with Crippen molar-refractivity contribution in [1.29, 1.82) is 0 Å². The third kappa shape index (κ3) is 4.45. The van der Waals surface area contributed by atoms with Gasteiger partial charge < -0.3 is 4.74 Å². The quantitative estimate of drug-likeness (QED) is 0.367. The summed E-state index contributed by atoms with van der Waals surface area (Å²) in [6.45, 7) is 5.53. The second kappa shape index (κ2) is 9.88. The van der Waals surface area contributed by atoms with Crippen molar-refractivity contribution >= 4 is 35.1 Å². The molecule has 0 amide bonds. The van der Waals surface area contributed by atoms with Crippen LogP contribution in [0.2, 0.25) is 0 Å². The van der Waals surface area contributed by atoms with Gasteiger partial charge in [0.1, 0.15) is 6.61 Å². The number of carbonyl (C=O) groups is 1. The van der Waals surface area contributed by atoms with E-state index in [9.17, 15) is 9.59 Å². The highest BCUT2D eigenvalue weighted by Gasteiger charge is 2.33. The largest absolute Gasteiger partial charge is 0.458 e. The van der Waals surface area contributed by atoms with Crippen LogP contribution in [0.5, 0.6) is 0 Å². The van der Waals surface area contributed by atoms with Crippen molar-refractivity contribution in [3.8, 4) is 0 Å². The van der Waals surface area contributed by atoms with Crippen LogP contribution in [-0.4, -0.2) is 23.4 Å². The molecular formula is C25H26N2O3S2. The minimum Gasteiger partial charge on any atom is -0.458 e. The molecule has 0 spiro atoms. The number of aromatic nitrogens is 1. The molecule has 2 aliphatic rings. The van der Waals surface area contributed by atoms with E-state index in [1.807, 2.05) is 30.5 Å². The molecule has 166 valence electrons. The van der Waals surface area contributed by atoms with Gasteiger partial charge >= 0.3 is 5.97 Å². The van der Waals surface area contributed by atoms with E-state index in [0.29, 0.717) is 26.5 Å². The molecule has 2 atom stereocenters. The first-order valence-corrected chi connectivity index (χ1v) is 12.7. The molecular weight excluding hydrogens is 440 g/mol. The first-order valence-electron chi connectivity index (χ1n) is 10.6. The fourth-order valence-electron chi connectivity index (χ4n) is 4.09. The number of hydrogen-bond acceptors (Lipinski definition) is 6. The highest BCUT2D eigenvalue weighted by Crippen LogP contribution is 2.31. The summed E-state index contributed by atoms with van der Waals surface area (Å²) in [6.07, 6.45) is 13.0. The molecule has 32 heavy (non-hydrogen) atoms. The standard InChI is InChI=1S/C25H26N2O3S2/c1-4-14-30-24(29)21-16(2)26-25-27(22(21)18-10-12-19(31-3)13-11-18)23(28)20(32-25)15-17-8-6-5-7-9-17/h4-6,10-13,15,17,22H,1,7-9,14H2,2-3H3. The van der Waals surface area contributed by atoms with Gasteiger partial charge in [-0.25, -0.2) is 9.79 Å². The Balaban J connectivity index is 1.87. The van der Waals surface area contributed by atoms with Crippen molar-refractivity contribution < 1.29 is 9.53 Å². The number of esters is 1. The maximum absolute atomic E-state index is 13.6. The first kappa shape index (κ1) is 22.6. The number of allylic oxidation sites excluding steroid dienone is 3. The summed E-state index contributed by atoms with van der Waals surface area (Å²) >= 11 is 3.04. The SMILES string of the molecule is C=CCOC(=O)C1=C(C)N=c2sc(=CC3CC=CCC3)c(=O)n2C1c1ccc(SC)cc1. The molecule has 0 bridgehead atoms. The van der Waals surface area contributed by atoms with Crippen LogP contribution < -0.4 is 14.9 Å². The van der Waals surface area contributed by atoms with E-state index in [0.717, 1.165) is 29.7 Å². The fraction of sp³-hybridized carbons (Fsp3) is 0.320. The Kier molecular flexibility index (Phi) is 6.96. The number of benzene rings is 1. The van der Waals surface area contributed by atoms with Gasteiger partial charge in [0.15, 0.2) is 4.80 Å². The molecule has 0 saturated carbocycles. The summed E-state index contributed by atoms with van der Waals surface area (Å²) in [5.41, 5.74) is 1.72. The Labute approximate surface area is 195 Å². The smallest absolute Gasteiger partial charge is 0.338 e. The van der Waals surface area contributed by atoms with Crippen molar-refractivity contribution in [2.75, 3.05) is 12.9 Å². The number of rotatable bonds is 6. The summed E-state index contributed by atoms with van der Waals surface area (Å²) in [7, 11) is 0. The lowest BCUT2D eigenvalue weighted by Crippen LogP contribution is -2.40. The van der Waals surface area contributed by atoms with Crippen LogP contribution >= 0.6 is 23.1 Å². The number of carbonyl (C=O) groups excluding carboxylic acids is 1. The number of ether oxygens (including phenoxy) is 1. The summed E-state index contributed by atoms with van der Waals surface area (Å²) in [5, 5.41) is 0. The van der Waals surface area contributed by atoms with Gasteiger partial charge in [-0.05, 0) is 56.1 Å². The molecule has 0 fully saturated rings. The highest BCUT2D eigenvalue weighted by atomic mass is 32.2. The second-order valence-corrected chi connectivity index (χ2v) is 9.70. The van der Waals surface area contributed by atoms with Crippen LogP contribution in [0, 0.1) is 5.92 Å². The van der Waals surface area contributed by atoms with E-state index < -0.39 is 12.0 Å². The number of thiazole rings is 1. The van der Waals surface area contributed by atoms with Gasteiger partial charge in [0.25, 0.3) is 5.56 Å². The average molecular weight is 467 g/mol. The molecule has 4 rings (SSSR count). The molecule has 1 aliphatic heterocycles. The molecule has 2 aromatic rings. The summed E-state index contributed by atoms with van der Waals surface area (Å²) in [5.74, 6) is -0.129. The molecule has 2 unspecified atom stereocenters. The van der Waals surface area contributed by atoms with Crippen LogP contribution in [0.3, 0.4) is 0 Å². The van der Waals surface area contributed by atoms with E-state index >= 15 is 0 Å². The molecule has 0 radical (unpaired) electrons. The molecule has 2 heterocycles. The molecule has 0 N–H and O–H groups in total. The summed E-state index contributed by atoms with van der Waals surface area (Å²) in [6, 6.07) is 7.38.